The molecule has 2 heterocycles. The van der Waals surface area contributed by atoms with Gasteiger partial charge in [0.05, 0.1) is 0 Å². The molecule has 7 heteroatoms. The van der Waals surface area contributed by atoms with Gasteiger partial charge in [-0.15, -0.1) is 0 Å². The molecule has 3 rings (SSSR count). The Morgan fingerprint density at radius 2 is 2.00 bits per heavy atom. The number of amides is 1. The third-order valence-electron chi connectivity index (χ3n) is 4.10. The zero-order valence-corrected chi connectivity index (χ0v) is 13.6. The van der Waals surface area contributed by atoms with Crippen LogP contribution in [0.4, 0.5) is 4.39 Å². The van der Waals surface area contributed by atoms with Crippen LogP contribution >= 0.6 is 0 Å². The van der Waals surface area contributed by atoms with Gasteiger partial charge in [-0.2, -0.15) is 5.10 Å². The summed E-state index contributed by atoms with van der Waals surface area (Å²) in [4.78, 5) is 14.5. The standard InChI is InChI=1S/C17H21FN4O2/c1-21-9-6-14(7-10-21)19-17(23)16-8-11-22(20-16)12-24-15-4-2-13(18)3-5-15/h2-5,8,11,14H,6-7,9-10,12H2,1H3,(H,19,23). The molecule has 6 nitrogen and oxygen atoms in total. The summed E-state index contributed by atoms with van der Waals surface area (Å²) in [5, 5.41) is 7.24. The summed E-state index contributed by atoms with van der Waals surface area (Å²) in [7, 11) is 2.08. The lowest BCUT2D eigenvalue weighted by molar-refractivity contribution is 0.0909. The van der Waals surface area contributed by atoms with Gasteiger partial charge in [0.15, 0.2) is 6.73 Å². The van der Waals surface area contributed by atoms with Crippen molar-refractivity contribution in [3.05, 3.63) is 48.0 Å². The molecule has 0 unspecified atom stereocenters. The Hall–Kier alpha value is -2.41. The van der Waals surface area contributed by atoms with Crippen molar-refractivity contribution in [2.75, 3.05) is 20.1 Å². The average molecular weight is 332 g/mol. The average Bonchev–Trinajstić information content (AvgIpc) is 3.06. The minimum absolute atomic E-state index is 0.160. The van der Waals surface area contributed by atoms with E-state index < -0.39 is 0 Å². The van der Waals surface area contributed by atoms with Gasteiger partial charge in [0.25, 0.3) is 5.91 Å². The van der Waals surface area contributed by atoms with E-state index in [0.717, 1.165) is 25.9 Å². The van der Waals surface area contributed by atoms with Crippen LogP contribution in [-0.4, -0.2) is 46.8 Å². The summed E-state index contributed by atoms with van der Waals surface area (Å²) in [6.45, 7) is 2.14. The number of aromatic nitrogens is 2. The van der Waals surface area contributed by atoms with Crippen molar-refractivity contribution < 1.29 is 13.9 Å². The SMILES string of the molecule is CN1CCC(NC(=O)c2ccn(COc3ccc(F)cc3)n2)CC1. The number of benzene rings is 1. The first-order chi connectivity index (χ1) is 11.6. The van der Waals surface area contributed by atoms with E-state index in [1.54, 1.807) is 24.4 Å². The van der Waals surface area contributed by atoms with E-state index in [2.05, 4.69) is 22.4 Å². The number of rotatable bonds is 5. The first-order valence-electron chi connectivity index (χ1n) is 8.01. The molecule has 0 radical (unpaired) electrons. The zero-order valence-electron chi connectivity index (χ0n) is 13.6. The van der Waals surface area contributed by atoms with E-state index in [4.69, 9.17) is 4.74 Å². The molecule has 1 amide bonds. The summed E-state index contributed by atoms with van der Waals surface area (Å²) in [6, 6.07) is 7.63. The van der Waals surface area contributed by atoms with Gasteiger partial charge in [-0.1, -0.05) is 0 Å². The fourth-order valence-electron chi connectivity index (χ4n) is 2.64. The molecule has 128 valence electrons. The van der Waals surface area contributed by atoms with E-state index in [0.29, 0.717) is 11.4 Å². The van der Waals surface area contributed by atoms with Crippen LogP contribution in [-0.2, 0) is 6.73 Å². The first-order valence-corrected chi connectivity index (χ1v) is 8.01. The molecular formula is C17H21FN4O2. The monoisotopic (exact) mass is 332 g/mol. The molecular weight excluding hydrogens is 311 g/mol. The number of carbonyl (C=O) groups excluding carboxylic acids is 1. The third kappa shape index (κ3) is 4.32. The fraction of sp³-hybridized carbons (Fsp3) is 0.412. The Morgan fingerprint density at radius 1 is 1.29 bits per heavy atom. The molecule has 1 aromatic carbocycles. The molecule has 1 aliphatic rings. The second-order valence-electron chi connectivity index (χ2n) is 6.02. The molecule has 2 aromatic rings. The van der Waals surface area contributed by atoms with Gasteiger partial charge in [0.2, 0.25) is 0 Å². The van der Waals surface area contributed by atoms with Gasteiger partial charge < -0.3 is 15.0 Å². The lowest BCUT2D eigenvalue weighted by Gasteiger charge is -2.29. The van der Waals surface area contributed by atoms with Crippen LogP contribution in [0.1, 0.15) is 23.3 Å². The first kappa shape index (κ1) is 16.4. The van der Waals surface area contributed by atoms with Crippen molar-refractivity contribution in [1.29, 1.82) is 0 Å². The summed E-state index contributed by atoms with van der Waals surface area (Å²) < 4.78 is 19.9. The maximum absolute atomic E-state index is 12.8. The van der Waals surface area contributed by atoms with Crippen LogP contribution in [0.15, 0.2) is 36.5 Å². The number of nitrogens with one attached hydrogen (secondary N) is 1. The number of likely N-dealkylation sites (tertiary alicyclic amines) is 1. The van der Waals surface area contributed by atoms with E-state index in [1.807, 2.05) is 0 Å². The van der Waals surface area contributed by atoms with Gasteiger partial charge in [-0.3, -0.25) is 4.79 Å². The largest absolute Gasteiger partial charge is 0.471 e. The van der Waals surface area contributed by atoms with Crippen LogP contribution in [0, 0.1) is 5.82 Å². The molecule has 0 saturated carbocycles. The second-order valence-corrected chi connectivity index (χ2v) is 6.02. The Bertz CT molecular complexity index is 678. The molecule has 1 aliphatic heterocycles. The number of halogens is 1. The molecule has 1 N–H and O–H groups in total. The second kappa shape index (κ2) is 7.44. The number of nitrogens with zero attached hydrogens (tertiary/aromatic N) is 3. The Morgan fingerprint density at radius 3 is 2.71 bits per heavy atom. The van der Waals surface area contributed by atoms with Gasteiger partial charge in [0, 0.05) is 12.2 Å². The van der Waals surface area contributed by atoms with Crippen LogP contribution in [0.3, 0.4) is 0 Å². The Balaban J connectivity index is 1.51. The van der Waals surface area contributed by atoms with Crippen molar-refractivity contribution in [3.63, 3.8) is 0 Å². The van der Waals surface area contributed by atoms with Gasteiger partial charge in [-0.25, -0.2) is 9.07 Å². The Labute approximate surface area is 140 Å². The molecule has 0 spiro atoms. The van der Waals surface area contributed by atoms with E-state index in [-0.39, 0.29) is 24.5 Å². The minimum atomic E-state index is -0.311. The molecule has 1 fully saturated rings. The van der Waals surface area contributed by atoms with Crippen molar-refractivity contribution in [2.45, 2.75) is 25.6 Å². The number of hydrogen-bond acceptors (Lipinski definition) is 4. The minimum Gasteiger partial charge on any atom is -0.471 e. The van der Waals surface area contributed by atoms with Crippen molar-refractivity contribution in [2.24, 2.45) is 0 Å². The number of carbonyl (C=O) groups is 1. The number of piperidine rings is 1. The van der Waals surface area contributed by atoms with Crippen LogP contribution in [0.25, 0.3) is 0 Å². The van der Waals surface area contributed by atoms with Gasteiger partial charge in [0.1, 0.15) is 17.3 Å². The topological polar surface area (TPSA) is 59.4 Å². The quantitative estimate of drug-likeness (QED) is 0.908. The number of hydrogen-bond donors (Lipinski definition) is 1. The van der Waals surface area contributed by atoms with Crippen molar-refractivity contribution in [3.8, 4) is 5.75 Å². The van der Waals surface area contributed by atoms with Gasteiger partial charge >= 0.3 is 0 Å². The highest BCUT2D eigenvalue weighted by Gasteiger charge is 2.20. The lowest BCUT2D eigenvalue weighted by Crippen LogP contribution is -2.43. The van der Waals surface area contributed by atoms with E-state index in [1.165, 1.54) is 16.8 Å². The highest BCUT2D eigenvalue weighted by Crippen LogP contribution is 2.12. The predicted molar refractivity (Wildman–Crippen MR) is 87.2 cm³/mol. The van der Waals surface area contributed by atoms with Crippen molar-refractivity contribution in [1.82, 2.24) is 20.0 Å². The lowest BCUT2D eigenvalue weighted by atomic mass is 10.1. The molecule has 0 bridgehead atoms. The molecule has 1 saturated heterocycles. The summed E-state index contributed by atoms with van der Waals surface area (Å²) in [5.74, 6) is 0.0728. The maximum atomic E-state index is 12.8. The highest BCUT2D eigenvalue weighted by atomic mass is 19.1. The highest BCUT2D eigenvalue weighted by molar-refractivity contribution is 5.92. The molecule has 1 aromatic heterocycles. The van der Waals surface area contributed by atoms with Crippen LogP contribution in [0.2, 0.25) is 0 Å². The molecule has 24 heavy (non-hydrogen) atoms. The van der Waals surface area contributed by atoms with Crippen LogP contribution < -0.4 is 10.1 Å². The number of ether oxygens (including phenoxy) is 1. The summed E-state index contributed by atoms with van der Waals surface area (Å²) in [6.07, 6.45) is 3.60. The molecule has 0 aliphatic carbocycles. The zero-order chi connectivity index (χ0) is 16.9. The van der Waals surface area contributed by atoms with Crippen LogP contribution in [0.5, 0.6) is 5.75 Å². The summed E-state index contributed by atoms with van der Waals surface area (Å²) in [5.41, 5.74) is 0.372. The summed E-state index contributed by atoms with van der Waals surface area (Å²) >= 11 is 0. The fourth-order valence-corrected chi connectivity index (χ4v) is 2.64. The van der Waals surface area contributed by atoms with E-state index in [9.17, 15) is 9.18 Å². The van der Waals surface area contributed by atoms with Gasteiger partial charge in [-0.05, 0) is 63.3 Å². The Kier molecular flexibility index (Phi) is 5.10. The smallest absolute Gasteiger partial charge is 0.271 e. The van der Waals surface area contributed by atoms with E-state index >= 15 is 0 Å². The van der Waals surface area contributed by atoms with Crippen molar-refractivity contribution >= 4 is 5.91 Å². The normalized spacial score (nSPS) is 16.1. The third-order valence-corrected chi connectivity index (χ3v) is 4.10. The maximum Gasteiger partial charge on any atom is 0.271 e. The predicted octanol–water partition coefficient (Wildman–Crippen LogP) is 1.88. The molecule has 0 atom stereocenters.